The lowest BCUT2D eigenvalue weighted by molar-refractivity contribution is -0.142. The average Bonchev–Trinajstić information content (AvgIpc) is 2.28. The van der Waals surface area contributed by atoms with Crippen LogP contribution in [0.2, 0.25) is 0 Å². The topological polar surface area (TPSA) is 86.0 Å². The van der Waals surface area contributed by atoms with Crippen molar-refractivity contribution in [2.75, 3.05) is 5.32 Å². The van der Waals surface area contributed by atoms with Crippen LogP contribution in [0.25, 0.3) is 0 Å². The minimum absolute atomic E-state index is 0.346. The smallest absolute Gasteiger partial charge is 0.329 e. The van der Waals surface area contributed by atoms with Gasteiger partial charge in [-0.25, -0.2) is 9.78 Å². The van der Waals surface area contributed by atoms with Gasteiger partial charge in [-0.3, -0.25) is 0 Å². The molecule has 0 radical (unpaired) electrons. The van der Waals surface area contributed by atoms with E-state index >= 15 is 0 Å². The number of aryl methyl sites for hydroxylation is 2. The molecule has 0 aliphatic heterocycles. The molecule has 0 aliphatic carbocycles. The van der Waals surface area contributed by atoms with Gasteiger partial charge in [0, 0.05) is 5.69 Å². The fourth-order valence-corrected chi connectivity index (χ4v) is 2.05. The van der Waals surface area contributed by atoms with Gasteiger partial charge in [-0.05, 0) is 38.8 Å². The summed E-state index contributed by atoms with van der Waals surface area (Å²) in [4.78, 5) is 15.7. The molecule has 1 aromatic rings. The quantitative estimate of drug-likeness (QED) is 0.850. The molecule has 102 valence electrons. The Bertz CT molecular complexity index is 534. The normalized spacial score (nSPS) is 13.4. The molecule has 5 heteroatoms. The average molecular weight is 261 g/mol. The van der Waals surface area contributed by atoms with E-state index in [1.54, 1.807) is 6.92 Å². The van der Waals surface area contributed by atoms with Crippen molar-refractivity contribution in [3.8, 4) is 6.07 Å². The van der Waals surface area contributed by atoms with Crippen molar-refractivity contribution in [3.05, 3.63) is 22.9 Å². The van der Waals surface area contributed by atoms with Crippen LogP contribution in [0.4, 0.5) is 5.82 Å². The van der Waals surface area contributed by atoms with Crippen LogP contribution in [-0.2, 0) is 4.79 Å². The largest absolute Gasteiger partial charge is 0.480 e. The summed E-state index contributed by atoms with van der Waals surface area (Å²) in [6, 6.07) is 3.88. The molecule has 1 atom stereocenters. The van der Waals surface area contributed by atoms with E-state index in [9.17, 15) is 15.2 Å². The number of rotatable bonds is 5. The van der Waals surface area contributed by atoms with Gasteiger partial charge in [-0.15, -0.1) is 0 Å². The molecule has 1 heterocycles. The number of nitriles is 1. The third kappa shape index (κ3) is 3.22. The third-order valence-corrected chi connectivity index (χ3v) is 3.07. The first kappa shape index (κ1) is 15.0. The standard InChI is InChI=1S/C14H19N3O2/c1-5-6-14(4,13(18)19)17-12-11(8-15)9(2)7-10(3)16-12/h7H,5-6H2,1-4H3,(H,16,17)(H,18,19). The van der Waals surface area contributed by atoms with Crippen LogP contribution in [0.5, 0.6) is 0 Å². The van der Waals surface area contributed by atoms with Crippen molar-refractivity contribution in [1.82, 2.24) is 4.98 Å². The Kier molecular flexibility index (Phi) is 4.49. The molecule has 0 aliphatic rings. The van der Waals surface area contributed by atoms with E-state index in [-0.39, 0.29) is 0 Å². The highest BCUT2D eigenvalue weighted by atomic mass is 16.4. The molecule has 0 bridgehead atoms. The number of aliphatic carboxylic acids is 1. The van der Waals surface area contributed by atoms with Crippen molar-refractivity contribution < 1.29 is 9.90 Å². The molecule has 0 amide bonds. The number of nitrogens with one attached hydrogen (secondary N) is 1. The van der Waals surface area contributed by atoms with Gasteiger partial charge in [-0.1, -0.05) is 13.3 Å². The summed E-state index contributed by atoms with van der Waals surface area (Å²) < 4.78 is 0. The van der Waals surface area contributed by atoms with Crippen LogP contribution in [-0.4, -0.2) is 21.6 Å². The highest BCUT2D eigenvalue weighted by molar-refractivity contribution is 5.82. The van der Waals surface area contributed by atoms with Gasteiger partial charge >= 0.3 is 5.97 Å². The lowest BCUT2D eigenvalue weighted by Gasteiger charge is -2.27. The van der Waals surface area contributed by atoms with E-state index in [4.69, 9.17) is 0 Å². The highest BCUT2D eigenvalue weighted by Crippen LogP contribution is 2.24. The van der Waals surface area contributed by atoms with Crippen LogP contribution in [0, 0.1) is 25.2 Å². The van der Waals surface area contributed by atoms with E-state index in [1.807, 2.05) is 26.8 Å². The number of nitrogens with zero attached hydrogens (tertiary/aromatic N) is 2. The van der Waals surface area contributed by atoms with E-state index < -0.39 is 11.5 Å². The van der Waals surface area contributed by atoms with E-state index in [0.29, 0.717) is 17.8 Å². The molecule has 1 unspecified atom stereocenters. The molecule has 0 spiro atoms. The number of hydrogen-bond acceptors (Lipinski definition) is 4. The highest BCUT2D eigenvalue weighted by Gasteiger charge is 2.33. The monoisotopic (exact) mass is 261 g/mol. The van der Waals surface area contributed by atoms with Gasteiger partial charge in [0.2, 0.25) is 0 Å². The van der Waals surface area contributed by atoms with Gasteiger partial charge in [0.15, 0.2) is 0 Å². The van der Waals surface area contributed by atoms with Crippen LogP contribution >= 0.6 is 0 Å². The number of carboxylic acid groups (broad SMARTS) is 1. The predicted octanol–water partition coefficient (Wildman–Crippen LogP) is 2.63. The lowest BCUT2D eigenvalue weighted by Crippen LogP contribution is -2.43. The number of anilines is 1. The Hall–Kier alpha value is -2.09. The number of hydrogen-bond donors (Lipinski definition) is 2. The molecule has 0 saturated carbocycles. The maximum Gasteiger partial charge on any atom is 0.329 e. The fraction of sp³-hybridized carbons (Fsp3) is 0.500. The maximum absolute atomic E-state index is 11.4. The zero-order chi connectivity index (χ0) is 14.6. The number of pyridine rings is 1. The van der Waals surface area contributed by atoms with Crippen molar-refractivity contribution in [3.63, 3.8) is 0 Å². The molecule has 1 aromatic heterocycles. The van der Waals surface area contributed by atoms with Gasteiger partial charge in [0.05, 0.1) is 5.56 Å². The molecule has 0 aromatic carbocycles. The maximum atomic E-state index is 11.4. The second-order valence-electron chi connectivity index (χ2n) is 4.93. The molecule has 1 rings (SSSR count). The first-order chi connectivity index (χ1) is 8.84. The van der Waals surface area contributed by atoms with Crippen molar-refractivity contribution in [2.45, 2.75) is 46.1 Å². The van der Waals surface area contributed by atoms with E-state index in [2.05, 4.69) is 16.4 Å². The predicted molar refractivity (Wildman–Crippen MR) is 73.0 cm³/mol. The van der Waals surface area contributed by atoms with Crippen LogP contribution in [0.1, 0.15) is 43.5 Å². The minimum Gasteiger partial charge on any atom is -0.480 e. The number of carbonyl (C=O) groups is 1. The zero-order valence-electron chi connectivity index (χ0n) is 11.7. The molecule has 2 N–H and O–H groups in total. The Labute approximate surface area is 113 Å². The van der Waals surface area contributed by atoms with Crippen molar-refractivity contribution in [1.29, 1.82) is 5.26 Å². The summed E-state index contributed by atoms with van der Waals surface area (Å²) in [5.41, 5.74) is 0.826. The number of aromatic nitrogens is 1. The lowest BCUT2D eigenvalue weighted by atomic mass is 9.95. The minimum atomic E-state index is -1.12. The summed E-state index contributed by atoms with van der Waals surface area (Å²) in [7, 11) is 0. The first-order valence-electron chi connectivity index (χ1n) is 6.24. The molecule has 0 fully saturated rings. The van der Waals surface area contributed by atoms with Gasteiger partial charge in [-0.2, -0.15) is 5.26 Å². The second-order valence-corrected chi connectivity index (χ2v) is 4.93. The van der Waals surface area contributed by atoms with Crippen LogP contribution in [0.15, 0.2) is 6.07 Å². The summed E-state index contributed by atoms with van der Waals surface area (Å²) in [6.45, 7) is 7.16. The van der Waals surface area contributed by atoms with Crippen LogP contribution < -0.4 is 5.32 Å². The molecular formula is C14H19N3O2. The Balaban J connectivity index is 3.24. The molecule has 5 nitrogen and oxygen atoms in total. The summed E-state index contributed by atoms with van der Waals surface area (Å²) in [6.07, 6.45) is 1.18. The Morgan fingerprint density at radius 3 is 2.68 bits per heavy atom. The molecule has 0 saturated heterocycles. The van der Waals surface area contributed by atoms with Crippen molar-refractivity contribution >= 4 is 11.8 Å². The van der Waals surface area contributed by atoms with Gasteiger partial charge in [0.25, 0.3) is 0 Å². The Morgan fingerprint density at radius 1 is 1.58 bits per heavy atom. The Morgan fingerprint density at radius 2 is 2.21 bits per heavy atom. The molecular weight excluding hydrogens is 242 g/mol. The summed E-state index contributed by atoms with van der Waals surface area (Å²) in [5, 5.41) is 21.5. The van der Waals surface area contributed by atoms with Gasteiger partial charge < -0.3 is 10.4 Å². The SMILES string of the molecule is CCCC(C)(Nc1nc(C)cc(C)c1C#N)C(=O)O. The first-order valence-corrected chi connectivity index (χ1v) is 6.24. The summed E-state index contributed by atoms with van der Waals surface area (Å²) in [5.74, 6) is -0.599. The van der Waals surface area contributed by atoms with Crippen LogP contribution in [0.3, 0.4) is 0 Å². The zero-order valence-corrected chi connectivity index (χ0v) is 11.7. The van der Waals surface area contributed by atoms with E-state index in [0.717, 1.165) is 17.7 Å². The summed E-state index contributed by atoms with van der Waals surface area (Å²) >= 11 is 0. The van der Waals surface area contributed by atoms with Gasteiger partial charge in [0.1, 0.15) is 17.4 Å². The fourth-order valence-electron chi connectivity index (χ4n) is 2.05. The van der Waals surface area contributed by atoms with Crippen molar-refractivity contribution in [2.24, 2.45) is 0 Å². The number of carboxylic acids is 1. The second kappa shape index (κ2) is 5.70. The molecule has 19 heavy (non-hydrogen) atoms. The van der Waals surface area contributed by atoms with E-state index in [1.165, 1.54) is 0 Å². The third-order valence-electron chi connectivity index (χ3n) is 3.07.